The molecule has 0 aliphatic carbocycles. The van der Waals surface area contributed by atoms with Crippen molar-refractivity contribution < 1.29 is 0 Å². The molecule has 0 unspecified atom stereocenters. The molecule has 0 saturated carbocycles. The molecule has 184 valence electrons. The maximum Gasteiger partial charge on any atom is 0.156 e. The molecule has 2 aromatic heterocycles. The molecule has 7 nitrogen and oxygen atoms in total. The van der Waals surface area contributed by atoms with Gasteiger partial charge in [0, 0.05) is 37.1 Å². The van der Waals surface area contributed by atoms with E-state index in [-0.39, 0.29) is 0 Å². The zero-order chi connectivity index (χ0) is 24.5. The minimum absolute atomic E-state index is 0.784. The fourth-order valence-electron chi connectivity index (χ4n) is 3.98. The fourth-order valence-corrected chi connectivity index (χ4v) is 4.89. The molecule has 0 saturated heterocycles. The van der Waals surface area contributed by atoms with Crippen LogP contribution < -0.4 is 16.0 Å². The monoisotopic (exact) mass is 489 g/mol. The van der Waals surface area contributed by atoms with Crippen molar-refractivity contribution in [2.45, 2.75) is 26.7 Å². The van der Waals surface area contributed by atoms with Gasteiger partial charge in [0.2, 0.25) is 0 Å². The minimum atomic E-state index is 0.784. The lowest BCUT2D eigenvalue weighted by molar-refractivity contribution is 0.303. The predicted octanol–water partition coefficient (Wildman–Crippen LogP) is 5.59. The molecular weight excluding hydrogens is 454 g/mol. The summed E-state index contributed by atoms with van der Waals surface area (Å²) in [5.41, 5.74) is 5.46. The van der Waals surface area contributed by atoms with Crippen LogP contribution in [0.1, 0.15) is 25.8 Å². The number of hydrogen-bond donors (Lipinski definition) is 3. The highest BCUT2D eigenvalue weighted by atomic mass is 32.1. The molecule has 4 rings (SSSR count). The standard InChI is InChI=1S/C27H35N7S/c1-4-34(5-2)18-6-16-29-23-13-9-21(10-14-23)26-33-24-25(31-19-32-27(24)35-26)30-17-15-20-7-11-22(28-3)12-8-20/h7-14,19,28-29H,4-6,15-18H2,1-3H3,(H,30,31,32). The van der Waals surface area contributed by atoms with E-state index in [0.29, 0.717) is 0 Å². The zero-order valence-corrected chi connectivity index (χ0v) is 21.7. The van der Waals surface area contributed by atoms with Gasteiger partial charge in [0.15, 0.2) is 5.82 Å². The molecule has 2 heterocycles. The van der Waals surface area contributed by atoms with E-state index in [1.165, 1.54) is 5.56 Å². The van der Waals surface area contributed by atoms with Crippen molar-refractivity contribution in [3.63, 3.8) is 0 Å². The third-order valence-electron chi connectivity index (χ3n) is 6.15. The Labute approximate surface area is 212 Å². The molecule has 35 heavy (non-hydrogen) atoms. The summed E-state index contributed by atoms with van der Waals surface area (Å²) in [5, 5.41) is 11.1. The lowest BCUT2D eigenvalue weighted by Gasteiger charge is -2.17. The Kier molecular flexibility index (Phi) is 8.86. The van der Waals surface area contributed by atoms with Crippen molar-refractivity contribution in [2.24, 2.45) is 0 Å². The van der Waals surface area contributed by atoms with E-state index >= 15 is 0 Å². The lowest BCUT2D eigenvalue weighted by Crippen LogP contribution is -2.25. The number of hydrogen-bond acceptors (Lipinski definition) is 8. The predicted molar refractivity (Wildman–Crippen MR) is 150 cm³/mol. The first-order valence-corrected chi connectivity index (χ1v) is 13.2. The van der Waals surface area contributed by atoms with Crippen LogP contribution in [-0.4, -0.2) is 59.6 Å². The number of fused-ring (bicyclic) bond motifs is 1. The van der Waals surface area contributed by atoms with Gasteiger partial charge in [0.1, 0.15) is 21.7 Å². The van der Waals surface area contributed by atoms with E-state index < -0.39 is 0 Å². The Morgan fingerprint density at radius 1 is 0.857 bits per heavy atom. The van der Waals surface area contributed by atoms with Crippen LogP contribution in [0.4, 0.5) is 17.2 Å². The molecule has 0 atom stereocenters. The number of rotatable bonds is 13. The molecule has 0 aliphatic heterocycles. The highest BCUT2D eigenvalue weighted by Gasteiger charge is 2.12. The van der Waals surface area contributed by atoms with Crippen molar-refractivity contribution in [3.8, 4) is 10.6 Å². The summed E-state index contributed by atoms with van der Waals surface area (Å²) in [5.74, 6) is 0.788. The Morgan fingerprint density at radius 3 is 2.31 bits per heavy atom. The molecule has 2 aromatic carbocycles. The second-order valence-electron chi connectivity index (χ2n) is 8.40. The van der Waals surface area contributed by atoms with Crippen LogP contribution in [0.25, 0.3) is 20.9 Å². The van der Waals surface area contributed by atoms with Crippen LogP contribution in [0.2, 0.25) is 0 Å². The number of aromatic nitrogens is 3. The van der Waals surface area contributed by atoms with E-state index in [1.54, 1.807) is 17.7 Å². The van der Waals surface area contributed by atoms with Crippen LogP contribution in [0, 0.1) is 0 Å². The summed E-state index contributed by atoms with van der Waals surface area (Å²) in [7, 11) is 1.93. The quantitative estimate of drug-likeness (QED) is 0.211. The largest absolute Gasteiger partial charge is 0.388 e. The summed E-state index contributed by atoms with van der Waals surface area (Å²) >= 11 is 1.60. The van der Waals surface area contributed by atoms with Crippen molar-refractivity contribution in [2.75, 3.05) is 55.7 Å². The highest BCUT2D eigenvalue weighted by Crippen LogP contribution is 2.32. The number of benzene rings is 2. The Balaban J connectivity index is 1.35. The zero-order valence-electron chi connectivity index (χ0n) is 20.8. The Hall–Kier alpha value is -3.23. The summed E-state index contributed by atoms with van der Waals surface area (Å²) < 4.78 is 0. The number of nitrogens with zero attached hydrogens (tertiary/aromatic N) is 4. The third-order valence-corrected chi connectivity index (χ3v) is 7.16. The molecule has 4 aromatic rings. The van der Waals surface area contributed by atoms with E-state index in [4.69, 9.17) is 4.98 Å². The summed E-state index contributed by atoms with van der Waals surface area (Å²) in [4.78, 5) is 17.1. The molecular formula is C27H35N7S. The van der Waals surface area contributed by atoms with Gasteiger partial charge in [-0.25, -0.2) is 15.0 Å². The molecule has 0 aliphatic rings. The molecule has 0 spiro atoms. The average molecular weight is 490 g/mol. The van der Waals surface area contributed by atoms with Gasteiger partial charge < -0.3 is 20.9 Å². The number of nitrogens with one attached hydrogen (secondary N) is 3. The van der Waals surface area contributed by atoms with E-state index in [1.807, 2.05) is 7.05 Å². The van der Waals surface area contributed by atoms with Gasteiger partial charge in [-0.2, -0.15) is 0 Å². The highest BCUT2D eigenvalue weighted by molar-refractivity contribution is 7.21. The molecule has 8 heteroatoms. The summed E-state index contributed by atoms with van der Waals surface area (Å²) in [6.45, 7) is 9.54. The Morgan fingerprint density at radius 2 is 1.60 bits per heavy atom. The normalized spacial score (nSPS) is 11.2. The Bertz CT molecular complexity index is 1180. The van der Waals surface area contributed by atoms with Crippen molar-refractivity contribution in [1.82, 2.24) is 19.9 Å². The van der Waals surface area contributed by atoms with E-state index in [9.17, 15) is 0 Å². The summed E-state index contributed by atoms with van der Waals surface area (Å²) in [6.07, 6.45) is 3.66. The first kappa shape index (κ1) is 24.9. The second kappa shape index (κ2) is 12.5. The van der Waals surface area contributed by atoms with Crippen molar-refractivity contribution in [3.05, 3.63) is 60.4 Å². The van der Waals surface area contributed by atoms with Gasteiger partial charge in [-0.1, -0.05) is 37.3 Å². The first-order chi connectivity index (χ1) is 17.2. The number of anilines is 3. The van der Waals surface area contributed by atoms with Gasteiger partial charge in [-0.15, -0.1) is 0 Å². The van der Waals surface area contributed by atoms with Gasteiger partial charge in [0.05, 0.1) is 0 Å². The van der Waals surface area contributed by atoms with E-state index in [0.717, 1.165) is 83.7 Å². The van der Waals surface area contributed by atoms with Gasteiger partial charge >= 0.3 is 0 Å². The van der Waals surface area contributed by atoms with Crippen molar-refractivity contribution in [1.29, 1.82) is 0 Å². The maximum absolute atomic E-state index is 4.87. The van der Waals surface area contributed by atoms with Crippen LogP contribution in [0.5, 0.6) is 0 Å². The molecule has 0 fully saturated rings. The SMILES string of the molecule is CCN(CC)CCCNc1ccc(-c2nc3c(NCCc4ccc(NC)cc4)ncnc3s2)cc1. The van der Waals surface area contributed by atoms with Crippen LogP contribution in [0.3, 0.4) is 0 Å². The topological polar surface area (TPSA) is 78.0 Å². The van der Waals surface area contributed by atoms with Gasteiger partial charge in [-0.3, -0.25) is 0 Å². The van der Waals surface area contributed by atoms with E-state index in [2.05, 4.69) is 93.2 Å². The third kappa shape index (κ3) is 6.68. The average Bonchev–Trinajstić information content (AvgIpc) is 3.35. The maximum atomic E-state index is 4.87. The molecule has 0 bridgehead atoms. The van der Waals surface area contributed by atoms with Gasteiger partial charge in [-0.05, 0) is 74.4 Å². The molecule has 3 N–H and O–H groups in total. The smallest absolute Gasteiger partial charge is 0.156 e. The summed E-state index contributed by atoms with van der Waals surface area (Å²) in [6, 6.07) is 17.0. The van der Waals surface area contributed by atoms with Crippen LogP contribution >= 0.6 is 11.3 Å². The molecule has 0 radical (unpaired) electrons. The van der Waals surface area contributed by atoms with Crippen molar-refractivity contribution >= 4 is 38.9 Å². The lowest BCUT2D eigenvalue weighted by atomic mass is 10.1. The number of thiazole rings is 1. The van der Waals surface area contributed by atoms with Crippen LogP contribution in [0.15, 0.2) is 54.9 Å². The second-order valence-corrected chi connectivity index (χ2v) is 9.38. The first-order valence-electron chi connectivity index (χ1n) is 12.4. The van der Waals surface area contributed by atoms with Gasteiger partial charge in [0.25, 0.3) is 0 Å². The minimum Gasteiger partial charge on any atom is -0.388 e. The fraction of sp³-hybridized carbons (Fsp3) is 0.370. The molecule has 0 amide bonds. The van der Waals surface area contributed by atoms with Crippen LogP contribution in [-0.2, 0) is 6.42 Å².